The summed E-state index contributed by atoms with van der Waals surface area (Å²) in [5.41, 5.74) is 2.19. The Hall–Kier alpha value is -1.49. The first kappa shape index (κ1) is 14.9. The Bertz CT molecular complexity index is 516. The summed E-state index contributed by atoms with van der Waals surface area (Å²) in [7, 11) is 0. The van der Waals surface area contributed by atoms with Crippen LogP contribution in [0.5, 0.6) is 0 Å². The van der Waals surface area contributed by atoms with Crippen molar-refractivity contribution in [3.05, 3.63) is 35.4 Å². The molecule has 1 heterocycles. The van der Waals surface area contributed by atoms with Crippen molar-refractivity contribution in [2.75, 3.05) is 5.75 Å². The van der Waals surface area contributed by atoms with Gasteiger partial charge >= 0.3 is 5.97 Å². The van der Waals surface area contributed by atoms with Crippen LogP contribution in [0.1, 0.15) is 30.2 Å². The molecule has 1 unspecified atom stereocenters. The molecule has 0 saturated carbocycles. The van der Waals surface area contributed by atoms with Gasteiger partial charge < -0.3 is 10.4 Å². The molecule has 0 aliphatic carbocycles. The summed E-state index contributed by atoms with van der Waals surface area (Å²) in [5, 5.41) is 11.5. The van der Waals surface area contributed by atoms with E-state index >= 15 is 0 Å². The summed E-state index contributed by atoms with van der Waals surface area (Å²) in [6.07, 6.45) is 0.956. The molecule has 2 atom stereocenters. The summed E-state index contributed by atoms with van der Waals surface area (Å²) >= 11 is 1.57. The van der Waals surface area contributed by atoms with Crippen molar-refractivity contribution in [2.24, 2.45) is 5.92 Å². The van der Waals surface area contributed by atoms with Crippen molar-refractivity contribution in [2.45, 2.75) is 31.6 Å². The SMILES string of the molecule is CC(C)[C@@H](NC(=O)C1SCCc2ccccc21)C(=O)O. The predicted octanol–water partition coefficient (Wildman–Crippen LogP) is 2.24. The highest BCUT2D eigenvalue weighted by Crippen LogP contribution is 2.36. The second-order valence-corrected chi connectivity index (χ2v) is 6.48. The molecule has 1 aromatic carbocycles. The van der Waals surface area contributed by atoms with Gasteiger partial charge in [0.15, 0.2) is 0 Å². The zero-order chi connectivity index (χ0) is 14.7. The molecule has 2 rings (SSSR count). The number of carboxylic acids is 1. The Morgan fingerprint density at radius 2 is 2.05 bits per heavy atom. The number of carbonyl (C=O) groups is 2. The minimum Gasteiger partial charge on any atom is -0.480 e. The number of aryl methyl sites for hydroxylation is 1. The van der Waals surface area contributed by atoms with Gasteiger partial charge in [0.05, 0.1) is 0 Å². The molecule has 1 aliphatic heterocycles. The van der Waals surface area contributed by atoms with Crippen LogP contribution >= 0.6 is 11.8 Å². The van der Waals surface area contributed by atoms with E-state index in [0.29, 0.717) is 0 Å². The van der Waals surface area contributed by atoms with Gasteiger partial charge in [0, 0.05) is 0 Å². The number of carbonyl (C=O) groups excluding carboxylic acids is 1. The molecule has 20 heavy (non-hydrogen) atoms. The van der Waals surface area contributed by atoms with Crippen LogP contribution < -0.4 is 5.32 Å². The normalized spacial score (nSPS) is 19.2. The number of fused-ring (bicyclic) bond motifs is 1. The monoisotopic (exact) mass is 293 g/mol. The van der Waals surface area contributed by atoms with Crippen molar-refractivity contribution in [1.82, 2.24) is 5.32 Å². The molecule has 0 aromatic heterocycles. The molecule has 0 fully saturated rings. The van der Waals surface area contributed by atoms with E-state index in [-0.39, 0.29) is 17.1 Å². The second kappa shape index (κ2) is 6.31. The molecular formula is C15H19NO3S. The van der Waals surface area contributed by atoms with E-state index in [4.69, 9.17) is 5.11 Å². The minimum absolute atomic E-state index is 0.139. The number of nitrogens with one attached hydrogen (secondary N) is 1. The van der Waals surface area contributed by atoms with Gasteiger partial charge in [-0.05, 0) is 29.2 Å². The average molecular weight is 293 g/mol. The van der Waals surface area contributed by atoms with Crippen molar-refractivity contribution >= 4 is 23.6 Å². The van der Waals surface area contributed by atoms with Crippen molar-refractivity contribution in [3.8, 4) is 0 Å². The summed E-state index contributed by atoms with van der Waals surface area (Å²) in [6, 6.07) is 7.04. The topological polar surface area (TPSA) is 66.4 Å². The predicted molar refractivity (Wildman–Crippen MR) is 79.7 cm³/mol. The molecule has 1 aliphatic rings. The lowest BCUT2D eigenvalue weighted by Gasteiger charge is -2.26. The molecule has 0 radical (unpaired) electrons. The molecule has 0 spiro atoms. The fourth-order valence-corrected chi connectivity index (χ4v) is 3.56. The smallest absolute Gasteiger partial charge is 0.326 e. The van der Waals surface area contributed by atoms with Gasteiger partial charge in [0.2, 0.25) is 5.91 Å². The van der Waals surface area contributed by atoms with Crippen LogP contribution in [-0.2, 0) is 16.0 Å². The van der Waals surface area contributed by atoms with Gasteiger partial charge in [0.1, 0.15) is 11.3 Å². The molecular weight excluding hydrogens is 274 g/mol. The number of hydrogen-bond acceptors (Lipinski definition) is 3. The third kappa shape index (κ3) is 3.15. The van der Waals surface area contributed by atoms with Crippen LogP contribution in [0.25, 0.3) is 0 Å². The summed E-state index contributed by atoms with van der Waals surface area (Å²) in [5.74, 6) is -0.444. The first-order valence-corrected chi connectivity index (χ1v) is 7.78. The Balaban J connectivity index is 2.16. The van der Waals surface area contributed by atoms with E-state index in [1.54, 1.807) is 25.6 Å². The number of benzene rings is 1. The van der Waals surface area contributed by atoms with Crippen LogP contribution in [0.4, 0.5) is 0 Å². The number of amides is 1. The molecule has 1 amide bonds. The van der Waals surface area contributed by atoms with E-state index in [1.807, 2.05) is 24.3 Å². The zero-order valence-corrected chi connectivity index (χ0v) is 12.4. The van der Waals surface area contributed by atoms with E-state index in [0.717, 1.165) is 17.7 Å². The molecule has 5 heteroatoms. The van der Waals surface area contributed by atoms with Crippen LogP contribution in [-0.4, -0.2) is 28.8 Å². The standard InChI is InChI=1S/C15H19NO3S/c1-9(2)12(15(18)19)16-14(17)13-11-6-4-3-5-10(11)7-8-20-13/h3-6,9,12-13H,7-8H2,1-2H3,(H,16,17)(H,18,19)/t12-,13?/m1/s1. The van der Waals surface area contributed by atoms with E-state index in [9.17, 15) is 9.59 Å². The molecule has 2 N–H and O–H groups in total. The number of rotatable bonds is 4. The third-order valence-corrected chi connectivity index (χ3v) is 4.70. The van der Waals surface area contributed by atoms with Crippen LogP contribution in [0.15, 0.2) is 24.3 Å². The first-order chi connectivity index (χ1) is 9.50. The van der Waals surface area contributed by atoms with Crippen molar-refractivity contribution < 1.29 is 14.7 Å². The summed E-state index contributed by atoms with van der Waals surface area (Å²) in [4.78, 5) is 23.6. The lowest BCUT2D eigenvalue weighted by Crippen LogP contribution is -2.46. The van der Waals surface area contributed by atoms with Crippen LogP contribution in [0.2, 0.25) is 0 Å². The van der Waals surface area contributed by atoms with E-state index < -0.39 is 12.0 Å². The van der Waals surface area contributed by atoms with Gasteiger partial charge in [-0.2, -0.15) is 0 Å². The Labute approximate surface area is 123 Å². The van der Waals surface area contributed by atoms with Gasteiger partial charge in [-0.1, -0.05) is 38.1 Å². The zero-order valence-electron chi connectivity index (χ0n) is 11.6. The molecule has 1 aromatic rings. The van der Waals surface area contributed by atoms with Gasteiger partial charge in [0.25, 0.3) is 0 Å². The number of thioether (sulfide) groups is 1. The first-order valence-electron chi connectivity index (χ1n) is 6.73. The molecule has 108 valence electrons. The fraction of sp³-hybridized carbons (Fsp3) is 0.467. The number of hydrogen-bond donors (Lipinski definition) is 2. The lowest BCUT2D eigenvalue weighted by atomic mass is 10.00. The van der Waals surface area contributed by atoms with Crippen molar-refractivity contribution in [1.29, 1.82) is 0 Å². The lowest BCUT2D eigenvalue weighted by molar-refractivity contribution is -0.143. The Morgan fingerprint density at radius 1 is 1.35 bits per heavy atom. The van der Waals surface area contributed by atoms with Gasteiger partial charge in [-0.25, -0.2) is 4.79 Å². The Kier molecular flexibility index (Phi) is 4.70. The third-order valence-electron chi connectivity index (χ3n) is 3.46. The fourth-order valence-electron chi connectivity index (χ4n) is 2.35. The summed E-state index contributed by atoms with van der Waals surface area (Å²) < 4.78 is 0. The quantitative estimate of drug-likeness (QED) is 0.893. The van der Waals surface area contributed by atoms with E-state index in [1.165, 1.54) is 5.56 Å². The van der Waals surface area contributed by atoms with E-state index in [2.05, 4.69) is 5.32 Å². The molecule has 0 saturated heterocycles. The highest BCUT2D eigenvalue weighted by atomic mass is 32.2. The highest BCUT2D eigenvalue weighted by Gasteiger charge is 2.31. The van der Waals surface area contributed by atoms with Gasteiger partial charge in [-0.3, -0.25) is 4.79 Å². The van der Waals surface area contributed by atoms with Crippen LogP contribution in [0.3, 0.4) is 0 Å². The highest BCUT2D eigenvalue weighted by molar-refractivity contribution is 8.00. The van der Waals surface area contributed by atoms with Crippen molar-refractivity contribution in [3.63, 3.8) is 0 Å². The average Bonchev–Trinajstić information content (AvgIpc) is 2.43. The van der Waals surface area contributed by atoms with Gasteiger partial charge in [-0.15, -0.1) is 11.8 Å². The maximum Gasteiger partial charge on any atom is 0.326 e. The molecule has 4 nitrogen and oxygen atoms in total. The molecule has 0 bridgehead atoms. The number of carboxylic acid groups (broad SMARTS) is 1. The largest absolute Gasteiger partial charge is 0.480 e. The maximum absolute atomic E-state index is 12.4. The summed E-state index contributed by atoms with van der Waals surface area (Å²) in [6.45, 7) is 3.59. The minimum atomic E-state index is -0.984. The van der Waals surface area contributed by atoms with Crippen LogP contribution in [0, 0.1) is 5.92 Å². The Morgan fingerprint density at radius 3 is 2.70 bits per heavy atom. The number of aliphatic carboxylic acids is 1. The maximum atomic E-state index is 12.4. The second-order valence-electron chi connectivity index (χ2n) is 5.27.